The normalized spacial score (nSPS) is 9.96. The highest BCUT2D eigenvalue weighted by Crippen LogP contribution is 2.13. The van der Waals surface area contributed by atoms with Crippen LogP contribution < -0.4 is 20.3 Å². The highest BCUT2D eigenvalue weighted by molar-refractivity contribution is 5.95. The van der Waals surface area contributed by atoms with Crippen LogP contribution in [0.4, 0.5) is 0 Å². The molecular weight excluding hydrogens is 362 g/mol. The van der Waals surface area contributed by atoms with Gasteiger partial charge in [-0.3, -0.25) is 25.2 Å². The molecule has 0 heterocycles. The highest BCUT2D eigenvalue weighted by Gasteiger charge is 2.10. The Labute approximate surface area is 163 Å². The van der Waals surface area contributed by atoms with Crippen molar-refractivity contribution in [2.45, 2.75) is 6.92 Å². The lowest BCUT2D eigenvalue weighted by atomic mass is 10.2. The van der Waals surface area contributed by atoms with Gasteiger partial charge in [-0.05, 0) is 42.8 Å². The first kappa shape index (κ1) is 20.8. The Hall–Kier alpha value is -3.55. The molecule has 0 unspecified atom stereocenters. The summed E-state index contributed by atoms with van der Waals surface area (Å²) in [6.07, 6.45) is 0. The van der Waals surface area contributed by atoms with Crippen LogP contribution in [0.25, 0.3) is 0 Å². The maximum Gasteiger partial charge on any atom is 0.276 e. The summed E-state index contributed by atoms with van der Waals surface area (Å²) in [7, 11) is 3.25. The van der Waals surface area contributed by atoms with Crippen molar-refractivity contribution in [3.05, 3.63) is 59.7 Å². The number of aryl methyl sites for hydroxylation is 1. The van der Waals surface area contributed by atoms with Crippen molar-refractivity contribution in [1.29, 1.82) is 0 Å². The third-order valence-corrected chi connectivity index (χ3v) is 3.63. The van der Waals surface area contributed by atoms with Gasteiger partial charge in [-0.1, -0.05) is 18.2 Å². The van der Waals surface area contributed by atoms with Crippen LogP contribution in [-0.4, -0.2) is 49.9 Å². The third kappa shape index (κ3) is 6.64. The molecule has 8 nitrogen and oxygen atoms in total. The molecule has 0 bridgehead atoms. The molecule has 0 atom stereocenters. The molecule has 3 amide bonds. The van der Waals surface area contributed by atoms with Crippen LogP contribution in [0.15, 0.2) is 48.5 Å². The molecule has 28 heavy (non-hydrogen) atoms. The second kappa shape index (κ2) is 9.96. The van der Waals surface area contributed by atoms with E-state index in [1.54, 1.807) is 44.4 Å². The Morgan fingerprint density at radius 1 is 0.893 bits per heavy atom. The number of carbonyl (C=O) groups is 3. The topological polar surface area (TPSA) is 97.0 Å². The molecule has 0 aliphatic carbocycles. The van der Waals surface area contributed by atoms with Gasteiger partial charge >= 0.3 is 0 Å². The molecule has 0 saturated heterocycles. The largest absolute Gasteiger partial charge is 0.484 e. The molecule has 148 valence electrons. The molecule has 0 aliphatic rings. The van der Waals surface area contributed by atoms with Crippen LogP contribution >= 0.6 is 0 Å². The van der Waals surface area contributed by atoms with Gasteiger partial charge in [0.15, 0.2) is 13.2 Å². The van der Waals surface area contributed by atoms with Gasteiger partial charge in [-0.2, -0.15) is 0 Å². The predicted octanol–water partition coefficient (Wildman–Crippen LogP) is 1.30. The minimum atomic E-state index is -0.520. The number of amides is 3. The fourth-order valence-corrected chi connectivity index (χ4v) is 2.09. The lowest BCUT2D eigenvalue weighted by Crippen LogP contribution is -2.43. The summed E-state index contributed by atoms with van der Waals surface area (Å²) >= 11 is 0. The second-order valence-electron chi connectivity index (χ2n) is 6.21. The van der Waals surface area contributed by atoms with E-state index >= 15 is 0 Å². The lowest BCUT2D eigenvalue weighted by Gasteiger charge is -2.12. The molecule has 2 aromatic carbocycles. The third-order valence-electron chi connectivity index (χ3n) is 3.63. The van der Waals surface area contributed by atoms with Crippen molar-refractivity contribution in [2.24, 2.45) is 0 Å². The van der Waals surface area contributed by atoms with Crippen LogP contribution in [0, 0.1) is 6.92 Å². The number of rotatable bonds is 7. The Bertz CT molecular complexity index is 851. The summed E-state index contributed by atoms with van der Waals surface area (Å²) in [6.45, 7) is 1.55. The van der Waals surface area contributed by atoms with Crippen molar-refractivity contribution in [2.75, 3.05) is 27.3 Å². The van der Waals surface area contributed by atoms with Gasteiger partial charge in [0.1, 0.15) is 11.5 Å². The smallest absolute Gasteiger partial charge is 0.276 e. The van der Waals surface area contributed by atoms with Crippen LogP contribution in [0.2, 0.25) is 0 Å². The van der Waals surface area contributed by atoms with E-state index in [0.717, 1.165) is 5.56 Å². The number of carbonyl (C=O) groups excluding carboxylic acids is 3. The summed E-state index contributed by atoms with van der Waals surface area (Å²) in [4.78, 5) is 37.0. The molecular formula is C20H23N3O5. The number of nitrogens with zero attached hydrogens (tertiary/aromatic N) is 1. The number of hydrogen-bond donors (Lipinski definition) is 2. The van der Waals surface area contributed by atoms with E-state index in [1.165, 1.54) is 11.0 Å². The standard InChI is InChI=1S/C20H23N3O5/c1-14-6-4-8-16(10-14)27-12-18(24)21-22-20(26)15-7-5-9-17(11-15)28-13-19(25)23(2)3/h4-11H,12-13H2,1-3H3,(H,21,24)(H,22,26). The Kier molecular flexibility index (Phi) is 7.38. The molecule has 2 N–H and O–H groups in total. The molecule has 8 heteroatoms. The first-order valence-electron chi connectivity index (χ1n) is 8.57. The minimum Gasteiger partial charge on any atom is -0.484 e. The summed E-state index contributed by atoms with van der Waals surface area (Å²) < 4.78 is 10.7. The van der Waals surface area contributed by atoms with E-state index in [0.29, 0.717) is 11.5 Å². The van der Waals surface area contributed by atoms with Gasteiger partial charge in [0, 0.05) is 19.7 Å². The first-order valence-corrected chi connectivity index (χ1v) is 8.57. The molecule has 0 aliphatic heterocycles. The molecule has 0 saturated carbocycles. The summed E-state index contributed by atoms with van der Waals surface area (Å²) in [5.74, 6) is -0.279. The van der Waals surface area contributed by atoms with Gasteiger partial charge in [-0.25, -0.2) is 0 Å². The number of nitrogens with one attached hydrogen (secondary N) is 2. The minimum absolute atomic E-state index is 0.134. The first-order chi connectivity index (χ1) is 13.3. The summed E-state index contributed by atoms with van der Waals surface area (Å²) in [5, 5.41) is 0. The SMILES string of the molecule is Cc1cccc(OCC(=O)NNC(=O)c2cccc(OCC(=O)N(C)C)c2)c1. The van der Waals surface area contributed by atoms with E-state index in [-0.39, 0.29) is 24.7 Å². The van der Waals surface area contributed by atoms with Crippen molar-refractivity contribution in [3.8, 4) is 11.5 Å². The number of hydrogen-bond acceptors (Lipinski definition) is 5. The average molecular weight is 385 g/mol. The summed E-state index contributed by atoms with van der Waals surface area (Å²) in [5.41, 5.74) is 5.88. The molecule has 2 aromatic rings. The number of likely N-dealkylation sites (N-methyl/N-ethyl adjacent to an activating group) is 1. The van der Waals surface area contributed by atoms with E-state index in [1.807, 2.05) is 19.1 Å². The van der Waals surface area contributed by atoms with Crippen LogP contribution in [0.3, 0.4) is 0 Å². The van der Waals surface area contributed by atoms with E-state index in [4.69, 9.17) is 9.47 Å². The predicted molar refractivity (Wildman–Crippen MR) is 103 cm³/mol. The Balaban J connectivity index is 1.81. The van der Waals surface area contributed by atoms with Gasteiger partial charge in [-0.15, -0.1) is 0 Å². The van der Waals surface area contributed by atoms with E-state index in [2.05, 4.69) is 10.9 Å². The monoisotopic (exact) mass is 385 g/mol. The number of hydrazine groups is 1. The van der Waals surface area contributed by atoms with Crippen molar-refractivity contribution < 1.29 is 23.9 Å². The Morgan fingerprint density at radius 3 is 2.21 bits per heavy atom. The fraction of sp³-hybridized carbons (Fsp3) is 0.250. The molecule has 0 radical (unpaired) electrons. The van der Waals surface area contributed by atoms with Gasteiger partial charge in [0.05, 0.1) is 0 Å². The Morgan fingerprint density at radius 2 is 1.54 bits per heavy atom. The average Bonchev–Trinajstić information content (AvgIpc) is 2.68. The number of benzene rings is 2. The molecule has 0 spiro atoms. The van der Waals surface area contributed by atoms with Crippen LogP contribution in [0.1, 0.15) is 15.9 Å². The van der Waals surface area contributed by atoms with Gasteiger partial charge < -0.3 is 14.4 Å². The van der Waals surface area contributed by atoms with Crippen molar-refractivity contribution >= 4 is 17.7 Å². The summed E-state index contributed by atoms with van der Waals surface area (Å²) in [6, 6.07) is 13.6. The highest BCUT2D eigenvalue weighted by atomic mass is 16.5. The van der Waals surface area contributed by atoms with E-state index < -0.39 is 11.8 Å². The maximum atomic E-state index is 12.2. The zero-order valence-corrected chi connectivity index (χ0v) is 16.0. The van der Waals surface area contributed by atoms with Crippen LogP contribution in [0.5, 0.6) is 11.5 Å². The zero-order valence-electron chi connectivity index (χ0n) is 16.0. The fourth-order valence-electron chi connectivity index (χ4n) is 2.09. The van der Waals surface area contributed by atoms with E-state index in [9.17, 15) is 14.4 Å². The van der Waals surface area contributed by atoms with Crippen LogP contribution in [-0.2, 0) is 9.59 Å². The quantitative estimate of drug-likeness (QED) is 0.701. The van der Waals surface area contributed by atoms with Crippen molar-refractivity contribution in [3.63, 3.8) is 0 Å². The lowest BCUT2D eigenvalue weighted by molar-refractivity contribution is -0.130. The van der Waals surface area contributed by atoms with Crippen molar-refractivity contribution in [1.82, 2.24) is 15.8 Å². The van der Waals surface area contributed by atoms with Gasteiger partial charge in [0.25, 0.3) is 17.7 Å². The van der Waals surface area contributed by atoms with Gasteiger partial charge in [0.2, 0.25) is 0 Å². The molecule has 2 rings (SSSR count). The maximum absolute atomic E-state index is 12.2. The molecule has 0 aromatic heterocycles. The zero-order chi connectivity index (χ0) is 20.5. The second-order valence-corrected chi connectivity index (χ2v) is 6.21. The molecule has 0 fully saturated rings. The number of ether oxygens (including phenoxy) is 2.